The summed E-state index contributed by atoms with van der Waals surface area (Å²) in [6.45, 7) is -0.123. The zero-order valence-corrected chi connectivity index (χ0v) is 12.8. The Balaban J connectivity index is 2.01. The number of nitrogens with zero attached hydrogens (tertiary/aromatic N) is 6. The molecule has 22 heavy (non-hydrogen) atoms. The zero-order valence-electron chi connectivity index (χ0n) is 11.3. The van der Waals surface area contributed by atoms with Crippen LogP contribution in [0.4, 0.5) is 4.39 Å². The maximum atomic E-state index is 15.7. The number of hydrogen-bond acceptors (Lipinski definition) is 4. The van der Waals surface area contributed by atoms with Crippen LogP contribution in [0.3, 0.4) is 0 Å². The molecule has 0 saturated heterocycles. The molecule has 2 heterocycles. The molecular weight excluding hydrogens is 330 g/mol. The van der Waals surface area contributed by atoms with Gasteiger partial charge in [-0.2, -0.15) is 10.2 Å². The summed E-state index contributed by atoms with van der Waals surface area (Å²) >= 11 is 12.1. The van der Waals surface area contributed by atoms with Crippen molar-refractivity contribution >= 4 is 23.2 Å². The summed E-state index contributed by atoms with van der Waals surface area (Å²) in [5.41, 5.74) is -1.53. The molecule has 6 nitrogen and oxygen atoms in total. The van der Waals surface area contributed by atoms with Crippen LogP contribution in [0.15, 0.2) is 43.5 Å². The van der Waals surface area contributed by atoms with Crippen LogP contribution in [0.2, 0.25) is 10.0 Å². The van der Waals surface area contributed by atoms with Crippen molar-refractivity contribution in [1.29, 1.82) is 0 Å². The number of aromatic nitrogens is 6. The van der Waals surface area contributed by atoms with Crippen molar-refractivity contribution in [1.82, 2.24) is 29.5 Å². The van der Waals surface area contributed by atoms with Gasteiger partial charge >= 0.3 is 0 Å². The smallest absolute Gasteiger partial charge is 0.176 e. The Labute approximate surface area is 135 Å². The first-order valence-electron chi connectivity index (χ1n) is 6.36. The number of rotatable bonds is 5. The van der Waals surface area contributed by atoms with Gasteiger partial charge in [0.25, 0.3) is 0 Å². The third kappa shape index (κ3) is 3.10. The van der Waals surface area contributed by atoms with Crippen molar-refractivity contribution in [3.63, 3.8) is 0 Å². The normalized spacial score (nSPS) is 11.8. The maximum Gasteiger partial charge on any atom is 0.176 e. The van der Waals surface area contributed by atoms with E-state index in [1.54, 1.807) is 12.1 Å². The summed E-state index contributed by atoms with van der Waals surface area (Å²) in [4.78, 5) is 7.66. The second-order valence-corrected chi connectivity index (χ2v) is 5.62. The predicted octanol–water partition coefficient (Wildman–Crippen LogP) is 2.74. The fourth-order valence-electron chi connectivity index (χ4n) is 2.22. The van der Waals surface area contributed by atoms with Gasteiger partial charge in [0, 0.05) is 15.6 Å². The minimum absolute atomic E-state index is 0.0613. The molecule has 0 bridgehead atoms. The molecule has 3 rings (SSSR count). The Hall–Kier alpha value is -1.99. The lowest BCUT2D eigenvalue weighted by Gasteiger charge is -2.26. The molecule has 0 N–H and O–H groups in total. The van der Waals surface area contributed by atoms with Gasteiger partial charge in [0.1, 0.15) is 25.3 Å². The molecule has 2 aromatic heterocycles. The number of halogens is 3. The van der Waals surface area contributed by atoms with E-state index >= 15 is 4.39 Å². The summed E-state index contributed by atoms with van der Waals surface area (Å²) in [5.74, 6) is 0. The highest BCUT2D eigenvalue weighted by atomic mass is 35.5. The van der Waals surface area contributed by atoms with E-state index in [1.807, 2.05) is 0 Å². The Morgan fingerprint density at radius 3 is 2.05 bits per heavy atom. The first-order valence-corrected chi connectivity index (χ1v) is 7.12. The zero-order chi connectivity index (χ0) is 15.6. The van der Waals surface area contributed by atoms with Gasteiger partial charge in [-0.25, -0.2) is 23.7 Å². The highest BCUT2D eigenvalue weighted by molar-refractivity contribution is 6.35. The van der Waals surface area contributed by atoms with Crippen molar-refractivity contribution < 1.29 is 4.39 Å². The highest BCUT2D eigenvalue weighted by Crippen LogP contribution is 2.36. The predicted molar refractivity (Wildman–Crippen MR) is 79.3 cm³/mol. The summed E-state index contributed by atoms with van der Waals surface area (Å²) in [7, 11) is 0. The van der Waals surface area contributed by atoms with Crippen molar-refractivity contribution in [2.75, 3.05) is 0 Å². The first kappa shape index (κ1) is 14.9. The fraction of sp³-hybridized carbons (Fsp3) is 0.231. The molecule has 0 unspecified atom stereocenters. The fourth-order valence-corrected chi connectivity index (χ4v) is 2.79. The molecule has 1 aromatic carbocycles. The van der Waals surface area contributed by atoms with Crippen molar-refractivity contribution in [3.8, 4) is 0 Å². The summed E-state index contributed by atoms with van der Waals surface area (Å²) in [6.07, 6.45) is 5.58. The van der Waals surface area contributed by atoms with Crippen molar-refractivity contribution in [2.45, 2.75) is 18.8 Å². The minimum atomic E-state index is -1.84. The molecule has 0 fully saturated rings. The lowest BCUT2D eigenvalue weighted by atomic mass is 9.95. The van der Waals surface area contributed by atoms with Crippen molar-refractivity contribution in [3.05, 3.63) is 59.1 Å². The molecule has 0 radical (unpaired) electrons. The van der Waals surface area contributed by atoms with Crippen LogP contribution < -0.4 is 0 Å². The molecular formula is C13H11Cl2FN6. The molecule has 9 heteroatoms. The van der Waals surface area contributed by atoms with Gasteiger partial charge in [0.2, 0.25) is 0 Å². The van der Waals surface area contributed by atoms with E-state index in [9.17, 15) is 0 Å². The number of alkyl halides is 1. The summed E-state index contributed by atoms with van der Waals surface area (Å²) in [6, 6.07) is 4.67. The molecule has 114 valence electrons. The molecule has 3 aromatic rings. The summed E-state index contributed by atoms with van der Waals surface area (Å²) < 4.78 is 18.5. The average molecular weight is 341 g/mol. The quantitative estimate of drug-likeness (QED) is 0.716. The van der Waals surface area contributed by atoms with E-state index < -0.39 is 5.67 Å². The standard InChI is InChI=1S/C13H11Cl2FN6/c14-10-1-2-11(12(15)3-10)13(16,4-21-8-17-6-19-21)5-22-9-18-7-20-22/h1-3,6-9H,4-5H2. The van der Waals surface area contributed by atoms with Crippen molar-refractivity contribution in [2.24, 2.45) is 0 Å². The maximum absolute atomic E-state index is 15.7. The SMILES string of the molecule is FC(Cn1cncn1)(Cn1cncn1)c1ccc(Cl)cc1Cl. The molecule has 0 saturated carbocycles. The lowest BCUT2D eigenvalue weighted by Crippen LogP contribution is -2.33. The largest absolute Gasteiger partial charge is 0.249 e. The van der Waals surface area contributed by atoms with Crippen LogP contribution in [0.1, 0.15) is 5.56 Å². The third-order valence-corrected chi connectivity index (χ3v) is 3.72. The average Bonchev–Trinajstić information content (AvgIpc) is 3.12. The Morgan fingerprint density at radius 1 is 1.00 bits per heavy atom. The van der Waals surface area contributed by atoms with Gasteiger partial charge in [-0.3, -0.25) is 0 Å². The van der Waals surface area contributed by atoms with Crippen LogP contribution >= 0.6 is 23.2 Å². The van der Waals surface area contributed by atoms with Gasteiger partial charge in [-0.1, -0.05) is 29.3 Å². The van der Waals surface area contributed by atoms with E-state index in [0.717, 1.165) is 0 Å². The highest BCUT2D eigenvalue weighted by Gasteiger charge is 2.36. The van der Waals surface area contributed by atoms with E-state index in [0.29, 0.717) is 10.6 Å². The minimum Gasteiger partial charge on any atom is -0.249 e. The second-order valence-electron chi connectivity index (χ2n) is 4.78. The molecule has 0 amide bonds. The third-order valence-electron chi connectivity index (χ3n) is 3.17. The van der Waals surface area contributed by atoms with E-state index in [1.165, 1.54) is 40.7 Å². The Kier molecular flexibility index (Phi) is 4.08. The van der Waals surface area contributed by atoms with Gasteiger partial charge in [0.05, 0.1) is 13.1 Å². The van der Waals surface area contributed by atoms with Crippen LogP contribution in [0.5, 0.6) is 0 Å². The van der Waals surface area contributed by atoms with Gasteiger partial charge < -0.3 is 0 Å². The first-order chi connectivity index (χ1) is 10.6. The molecule has 0 aliphatic carbocycles. The van der Waals surface area contributed by atoms with E-state index in [-0.39, 0.29) is 18.1 Å². The van der Waals surface area contributed by atoms with Crippen LogP contribution in [-0.4, -0.2) is 29.5 Å². The second kappa shape index (κ2) is 6.02. The molecule has 0 spiro atoms. The van der Waals surface area contributed by atoms with E-state index in [4.69, 9.17) is 23.2 Å². The molecule has 0 aliphatic heterocycles. The van der Waals surface area contributed by atoms with Gasteiger partial charge in [0.15, 0.2) is 5.67 Å². The Bertz CT molecular complexity index is 708. The topological polar surface area (TPSA) is 61.4 Å². The van der Waals surface area contributed by atoms with Crippen LogP contribution in [-0.2, 0) is 18.8 Å². The summed E-state index contributed by atoms with van der Waals surface area (Å²) in [5, 5.41) is 8.60. The monoisotopic (exact) mass is 340 g/mol. The van der Waals surface area contributed by atoms with Crippen LogP contribution in [0, 0.1) is 0 Å². The number of hydrogen-bond donors (Lipinski definition) is 0. The lowest BCUT2D eigenvalue weighted by molar-refractivity contribution is 0.100. The molecule has 0 aliphatic rings. The molecule has 0 atom stereocenters. The van der Waals surface area contributed by atoms with Gasteiger partial charge in [-0.15, -0.1) is 0 Å². The van der Waals surface area contributed by atoms with E-state index in [2.05, 4.69) is 20.2 Å². The van der Waals surface area contributed by atoms with Gasteiger partial charge in [-0.05, 0) is 12.1 Å². The Morgan fingerprint density at radius 2 is 1.59 bits per heavy atom. The van der Waals surface area contributed by atoms with Crippen LogP contribution in [0.25, 0.3) is 0 Å². The number of benzene rings is 1.